The number of imidazole rings is 1. The molecule has 3 atom stereocenters. The summed E-state index contributed by atoms with van der Waals surface area (Å²) in [6, 6.07) is 3.87. The van der Waals surface area contributed by atoms with Crippen LogP contribution in [0.15, 0.2) is 23.7 Å². The summed E-state index contributed by atoms with van der Waals surface area (Å²) in [5.74, 6) is 1.54. The van der Waals surface area contributed by atoms with Crippen molar-refractivity contribution in [2.75, 3.05) is 6.54 Å². The minimum absolute atomic E-state index is 0.0899. The fraction of sp³-hybridized carbons (Fsp3) is 0.500. The van der Waals surface area contributed by atoms with Gasteiger partial charge in [0.15, 0.2) is 0 Å². The van der Waals surface area contributed by atoms with Gasteiger partial charge in [-0.2, -0.15) is 0 Å². The van der Waals surface area contributed by atoms with Crippen LogP contribution in [0.5, 0.6) is 0 Å². The van der Waals surface area contributed by atoms with Crippen LogP contribution in [0.3, 0.4) is 0 Å². The number of aromatic nitrogens is 2. The second-order valence-corrected chi connectivity index (χ2v) is 8.00. The summed E-state index contributed by atoms with van der Waals surface area (Å²) in [4.78, 5) is 32.5. The molecule has 2 aromatic rings. The molecule has 1 N–H and O–H groups in total. The van der Waals surface area contributed by atoms with Gasteiger partial charge in [0.05, 0.1) is 12.6 Å². The van der Waals surface area contributed by atoms with Crippen LogP contribution in [-0.2, 0) is 17.9 Å². The third kappa shape index (κ3) is 3.08. The molecule has 2 aliphatic rings. The molecule has 6 nitrogen and oxygen atoms in total. The summed E-state index contributed by atoms with van der Waals surface area (Å²) in [7, 11) is 0. The first kappa shape index (κ1) is 16.3. The Morgan fingerprint density at radius 3 is 2.84 bits per heavy atom. The van der Waals surface area contributed by atoms with Gasteiger partial charge in [0.1, 0.15) is 11.5 Å². The third-order valence-corrected chi connectivity index (χ3v) is 6.05. The van der Waals surface area contributed by atoms with Crippen LogP contribution < -0.4 is 5.32 Å². The molecule has 2 aromatic heterocycles. The SMILES string of the molecule is C[C@@H]1C[C@H]1C(=O)N1CCn2cc(C(=O)NCc3cccs3)nc2[C@H]1C. The first-order valence-electron chi connectivity index (χ1n) is 8.72. The molecule has 0 bridgehead atoms. The molecular weight excluding hydrogens is 336 g/mol. The van der Waals surface area contributed by atoms with Crippen LogP contribution in [0.4, 0.5) is 0 Å². The molecule has 1 aliphatic carbocycles. The van der Waals surface area contributed by atoms with Crippen molar-refractivity contribution in [1.29, 1.82) is 0 Å². The Balaban J connectivity index is 1.46. The number of amides is 2. The number of nitrogens with zero attached hydrogens (tertiary/aromatic N) is 3. The van der Waals surface area contributed by atoms with Gasteiger partial charge >= 0.3 is 0 Å². The van der Waals surface area contributed by atoms with E-state index in [1.54, 1.807) is 17.5 Å². The molecule has 25 heavy (non-hydrogen) atoms. The molecule has 1 saturated carbocycles. The van der Waals surface area contributed by atoms with Crippen LogP contribution in [-0.4, -0.2) is 32.8 Å². The van der Waals surface area contributed by atoms with E-state index in [9.17, 15) is 9.59 Å². The lowest BCUT2D eigenvalue weighted by molar-refractivity contribution is -0.136. The molecule has 4 rings (SSSR count). The zero-order chi connectivity index (χ0) is 17.6. The summed E-state index contributed by atoms with van der Waals surface area (Å²) in [6.45, 7) is 6.00. The topological polar surface area (TPSA) is 67.2 Å². The largest absolute Gasteiger partial charge is 0.346 e. The summed E-state index contributed by atoms with van der Waals surface area (Å²) >= 11 is 1.62. The van der Waals surface area contributed by atoms with E-state index in [2.05, 4.69) is 17.2 Å². The number of carbonyl (C=O) groups excluding carboxylic acids is 2. The molecule has 1 aliphatic heterocycles. The van der Waals surface area contributed by atoms with Crippen molar-refractivity contribution in [2.24, 2.45) is 11.8 Å². The normalized spacial score (nSPS) is 24.7. The molecule has 0 saturated heterocycles. The first-order valence-corrected chi connectivity index (χ1v) is 9.60. The van der Waals surface area contributed by atoms with Crippen LogP contribution in [0.1, 0.15) is 47.5 Å². The highest BCUT2D eigenvalue weighted by molar-refractivity contribution is 7.09. The van der Waals surface area contributed by atoms with Crippen molar-refractivity contribution < 1.29 is 9.59 Å². The summed E-state index contributed by atoms with van der Waals surface area (Å²) in [5, 5.41) is 4.90. The zero-order valence-electron chi connectivity index (χ0n) is 14.4. The van der Waals surface area contributed by atoms with Crippen molar-refractivity contribution in [3.8, 4) is 0 Å². The molecule has 0 spiro atoms. The maximum atomic E-state index is 12.6. The molecule has 1 fully saturated rings. The predicted octanol–water partition coefficient (Wildman–Crippen LogP) is 2.43. The maximum Gasteiger partial charge on any atom is 0.271 e. The minimum Gasteiger partial charge on any atom is -0.346 e. The van der Waals surface area contributed by atoms with Gasteiger partial charge in [-0.1, -0.05) is 13.0 Å². The Morgan fingerprint density at radius 2 is 2.16 bits per heavy atom. The van der Waals surface area contributed by atoms with Gasteiger partial charge in [-0.3, -0.25) is 9.59 Å². The van der Waals surface area contributed by atoms with Crippen molar-refractivity contribution >= 4 is 23.2 Å². The van der Waals surface area contributed by atoms with Crippen LogP contribution >= 0.6 is 11.3 Å². The van der Waals surface area contributed by atoms with Crippen LogP contribution in [0, 0.1) is 11.8 Å². The second kappa shape index (κ2) is 6.29. The summed E-state index contributed by atoms with van der Waals surface area (Å²) < 4.78 is 2.00. The minimum atomic E-state index is -0.170. The zero-order valence-corrected chi connectivity index (χ0v) is 15.3. The van der Waals surface area contributed by atoms with Gasteiger partial charge in [0, 0.05) is 30.1 Å². The monoisotopic (exact) mass is 358 g/mol. The van der Waals surface area contributed by atoms with Gasteiger partial charge in [-0.15, -0.1) is 11.3 Å². The van der Waals surface area contributed by atoms with Crippen molar-refractivity contribution in [1.82, 2.24) is 19.8 Å². The Kier molecular flexibility index (Phi) is 4.11. The highest BCUT2D eigenvalue weighted by atomic mass is 32.1. The summed E-state index contributed by atoms with van der Waals surface area (Å²) in [5.41, 5.74) is 0.424. The molecule has 0 aromatic carbocycles. The van der Waals surface area contributed by atoms with E-state index < -0.39 is 0 Å². The fourth-order valence-corrected chi connectivity index (χ4v) is 4.10. The van der Waals surface area contributed by atoms with E-state index in [0.29, 0.717) is 31.2 Å². The molecule has 0 radical (unpaired) electrons. The lowest BCUT2D eigenvalue weighted by Crippen LogP contribution is -2.42. The van der Waals surface area contributed by atoms with Gasteiger partial charge in [0.25, 0.3) is 5.91 Å². The number of nitrogens with one attached hydrogen (secondary N) is 1. The van der Waals surface area contributed by atoms with E-state index in [0.717, 1.165) is 17.1 Å². The molecule has 0 unspecified atom stereocenters. The number of fused-ring (bicyclic) bond motifs is 1. The Bertz CT molecular complexity index is 798. The average molecular weight is 358 g/mol. The molecule has 3 heterocycles. The predicted molar refractivity (Wildman–Crippen MR) is 95.1 cm³/mol. The van der Waals surface area contributed by atoms with Gasteiger partial charge in [0.2, 0.25) is 5.91 Å². The van der Waals surface area contributed by atoms with Crippen molar-refractivity contribution in [3.63, 3.8) is 0 Å². The van der Waals surface area contributed by atoms with Gasteiger partial charge < -0.3 is 14.8 Å². The Labute approximate surface area is 150 Å². The number of hydrogen-bond donors (Lipinski definition) is 1. The Morgan fingerprint density at radius 1 is 1.36 bits per heavy atom. The fourth-order valence-electron chi connectivity index (χ4n) is 3.45. The second-order valence-electron chi connectivity index (χ2n) is 6.97. The third-order valence-electron chi connectivity index (χ3n) is 5.18. The molecule has 132 valence electrons. The lowest BCUT2D eigenvalue weighted by atomic mass is 10.1. The molecule has 2 amide bonds. The number of carbonyl (C=O) groups is 2. The Hall–Kier alpha value is -2.15. The maximum absolute atomic E-state index is 12.6. The lowest BCUT2D eigenvalue weighted by Gasteiger charge is -2.34. The number of rotatable bonds is 4. The van der Waals surface area contributed by atoms with Gasteiger partial charge in [-0.25, -0.2) is 4.98 Å². The quantitative estimate of drug-likeness (QED) is 0.913. The van der Waals surface area contributed by atoms with Gasteiger partial charge in [-0.05, 0) is 30.7 Å². The highest BCUT2D eigenvalue weighted by Crippen LogP contribution is 2.41. The summed E-state index contributed by atoms with van der Waals surface area (Å²) in [6.07, 6.45) is 2.80. The van der Waals surface area contributed by atoms with E-state index in [-0.39, 0.29) is 23.8 Å². The number of hydrogen-bond acceptors (Lipinski definition) is 4. The molecule has 7 heteroatoms. The first-order chi connectivity index (χ1) is 12.0. The van der Waals surface area contributed by atoms with Crippen LogP contribution in [0.2, 0.25) is 0 Å². The van der Waals surface area contributed by atoms with Crippen molar-refractivity contribution in [3.05, 3.63) is 40.1 Å². The molecular formula is C18H22N4O2S. The van der Waals surface area contributed by atoms with Crippen LogP contribution in [0.25, 0.3) is 0 Å². The number of thiophene rings is 1. The van der Waals surface area contributed by atoms with E-state index in [4.69, 9.17) is 0 Å². The highest BCUT2D eigenvalue weighted by Gasteiger charge is 2.44. The average Bonchev–Trinajstić information content (AvgIpc) is 3.03. The van der Waals surface area contributed by atoms with E-state index >= 15 is 0 Å². The van der Waals surface area contributed by atoms with E-state index in [1.807, 2.05) is 33.9 Å². The van der Waals surface area contributed by atoms with E-state index in [1.165, 1.54) is 0 Å². The smallest absolute Gasteiger partial charge is 0.271 e. The standard InChI is InChI=1S/C18H22N4O2S/c1-11-8-14(11)18(24)22-6-5-21-10-15(20-16(21)12(22)2)17(23)19-9-13-4-3-7-25-13/h3-4,7,10-12,14H,5-6,8-9H2,1-2H3,(H,19,23)/t11-,12-,14-/m1/s1. The van der Waals surface area contributed by atoms with Crippen molar-refractivity contribution in [2.45, 2.75) is 39.4 Å².